The Bertz CT molecular complexity index is 1090. The van der Waals surface area contributed by atoms with Crippen molar-refractivity contribution in [1.82, 2.24) is 4.57 Å². The van der Waals surface area contributed by atoms with Gasteiger partial charge >= 0.3 is 6.18 Å². The zero-order valence-corrected chi connectivity index (χ0v) is 14.2. The maximum atomic E-state index is 13.0. The normalized spacial score (nSPS) is 11.9. The number of alkyl halides is 3. The fourth-order valence-corrected chi connectivity index (χ4v) is 2.67. The first-order valence-electron chi connectivity index (χ1n) is 8.01. The van der Waals surface area contributed by atoms with Gasteiger partial charge in [-0.15, -0.1) is 0 Å². The maximum absolute atomic E-state index is 13.0. The topological polar surface area (TPSA) is 71.9 Å². The van der Waals surface area contributed by atoms with Crippen molar-refractivity contribution in [3.8, 4) is 11.8 Å². The number of hydrogen-bond acceptors (Lipinski definition) is 3. The first-order chi connectivity index (χ1) is 13.3. The quantitative estimate of drug-likeness (QED) is 0.341. The van der Waals surface area contributed by atoms with E-state index in [2.05, 4.69) is 0 Å². The van der Waals surface area contributed by atoms with Gasteiger partial charge < -0.3 is 4.57 Å². The molecule has 140 valence electrons. The van der Waals surface area contributed by atoms with Crippen LogP contribution in [0.3, 0.4) is 0 Å². The number of allylic oxidation sites excluding steroid dienone is 1. The lowest BCUT2D eigenvalue weighted by molar-refractivity contribution is -0.384. The number of hydrogen-bond donors (Lipinski definition) is 0. The molecule has 0 aliphatic carbocycles. The van der Waals surface area contributed by atoms with Crippen molar-refractivity contribution < 1.29 is 18.1 Å². The minimum atomic E-state index is -4.46. The number of benzene rings is 2. The molecular formula is C20H12F3N3O2. The summed E-state index contributed by atoms with van der Waals surface area (Å²) in [6, 6.07) is 15.6. The van der Waals surface area contributed by atoms with Gasteiger partial charge in [-0.25, -0.2) is 0 Å². The Kier molecular flexibility index (Phi) is 5.00. The summed E-state index contributed by atoms with van der Waals surface area (Å²) in [6.45, 7) is 0. The lowest BCUT2D eigenvalue weighted by Crippen LogP contribution is -2.06. The minimum absolute atomic E-state index is 0.103. The fourth-order valence-electron chi connectivity index (χ4n) is 2.67. The van der Waals surface area contributed by atoms with Crippen LogP contribution in [0.15, 0.2) is 66.9 Å². The number of non-ortho nitro benzene ring substituents is 1. The fraction of sp³-hybridized carbons (Fsp3) is 0.0500. The summed E-state index contributed by atoms with van der Waals surface area (Å²) < 4.78 is 40.4. The van der Waals surface area contributed by atoms with Crippen molar-refractivity contribution >= 4 is 17.3 Å². The monoisotopic (exact) mass is 383 g/mol. The van der Waals surface area contributed by atoms with E-state index in [0.29, 0.717) is 16.9 Å². The van der Waals surface area contributed by atoms with E-state index in [1.807, 2.05) is 6.07 Å². The zero-order chi connectivity index (χ0) is 20.3. The Hall–Kier alpha value is -3.86. The summed E-state index contributed by atoms with van der Waals surface area (Å²) in [6.07, 6.45) is -1.36. The van der Waals surface area contributed by atoms with Gasteiger partial charge in [0.15, 0.2) is 0 Å². The SMILES string of the molecule is N#C/C(=C\c1cccn1-c1cccc(C(F)(F)F)c1)c1ccc([N+](=O)[O-])cc1. The molecule has 3 aromatic rings. The van der Waals surface area contributed by atoms with Crippen LogP contribution in [0.1, 0.15) is 16.8 Å². The largest absolute Gasteiger partial charge is 0.416 e. The van der Waals surface area contributed by atoms with E-state index in [9.17, 15) is 28.5 Å². The average Bonchev–Trinajstić information content (AvgIpc) is 3.14. The Morgan fingerprint density at radius 1 is 1.11 bits per heavy atom. The van der Waals surface area contributed by atoms with Gasteiger partial charge in [0.25, 0.3) is 5.69 Å². The van der Waals surface area contributed by atoms with Gasteiger partial charge in [-0.2, -0.15) is 18.4 Å². The Labute approximate surface area is 157 Å². The predicted octanol–water partition coefficient (Wildman–Crippen LogP) is 5.47. The van der Waals surface area contributed by atoms with E-state index in [-0.39, 0.29) is 11.3 Å². The van der Waals surface area contributed by atoms with E-state index >= 15 is 0 Å². The van der Waals surface area contributed by atoms with Crippen molar-refractivity contribution in [2.24, 2.45) is 0 Å². The van der Waals surface area contributed by atoms with Crippen LogP contribution in [-0.2, 0) is 6.18 Å². The summed E-state index contributed by atoms with van der Waals surface area (Å²) in [5.41, 5.74) is 0.603. The Balaban J connectivity index is 2.01. The van der Waals surface area contributed by atoms with Crippen LogP contribution in [0.4, 0.5) is 18.9 Å². The number of nitro benzene ring substituents is 1. The lowest BCUT2D eigenvalue weighted by atomic mass is 10.1. The van der Waals surface area contributed by atoms with Gasteiger partial charge in [0.1, 0.15) is 0 Å². The molecular weight excluding hydrogens is 371 g/mol. The second-order valence-corrected chi connectivity index (χ2v) is 5.82. The molecule has 0 fully saturated rings. The van der Waals surface area contributed by atoms with Crippen LogP contribution < -0.4 is 0 Å². The Morgan fingerprint density at radius 3 is 2.43 bits per heavy atom. The Morgan fingerprint density at radius 2 is 1.82 bits per heavy atom. The highest BCUT2D eigenvalue weighted by Crippen LogP contribution is 2.31. The van der Waals surface area contributed by atoms with Gasteiger partial charge in [-0.1, -0.05) is 6.07 Å². The van der Waals surface area contributed by atoms with Crippen LogP contribution >= 0.6 is 0 Å². The molecule has 28 heavy (non-hydrogen) atoms. The van der Waals surface area contributed by atoms with Crippen molar-refractivity contribution in [3.05, 3.63) is 93.8 Å². The number of rotatable bonds is 4. The van der Waals surface area contributed by atoms with Crippen LogP contribution in [0.2, 0.25) is 0 Å². The maximum Gasteiger partial charge on any atom is 0.416 e. The van der Waals surface area contributed by atoms with Gasteiger partial charge in [0.05, 0.1) is 22.1 Å². The molecule has 0 atom stereocenters. The van der Waals surface area contributed by atoms with Crippen LogP contribution in [0, 0.1) is 21.4 Å². The molecule has 0 amide bonds. The lowest BCUT2D eigenvalue weighted by Gasteiger charge is -2.11. The standard InChI is InChI=1S/C20H12F3N3O2/c21-20(22,23)16-3-1-4-19(12-16)25-10-2-5-18(25)11-15(13-24)14-6-8-17(9-7-14)26(27)28/h1-12H/b15-11+. The molecule has 1 aromatic heterocycles. The van der Waals surface area contributed by atoms with Gasteiger partial charge in [-0.3, -0.25) is 10.1 Å². The molecule has 0 saturated carbocycles. The van der Waals surface area contributed by atoms with Crippen molar-refractivity contribution in [1.29, 1.82) is 5.26 Å². The molecule has 0 aliphatic rings. The number of aromatic nitrogens is 1. The summed E-state index contributed by atoms with van der Waals surface area (Å²) in [5.74, 6) is 0. The number of nitriles is 1. The summed E-state index contributed by atoms with van der Waals surface area (Å²) in [4.78, 5) is 10.2. The van der Waals surface area contributed by atoms with Crippen LogP contribution in [0.5, 0.6) is 0 Å². The summed E-state index contributed by atoms with van der Waals surface area (Å²) in [5, 5.41) is 20.2. The minimum Gasteiger partial charge on any atom is -0.317 e. The van der Waals surface area contributed by atoms with E-state index in [4.69, 9.17) is 0 Å². The highest BCUT2D eigenvalue weighted by atomic mass is 19.4. The molecule has 0 spiro atoms. The summed E-state index contributed by atoms with van der Waals surface area (Å²) in [7, 11) is 0. The average molecular weight is 383 g/mol. The van der Waals surface area contributed by atoms with Gasteiger partial charge in [0.2, 0.25) is 0 Å². The first kappa shape index (κ1) is 18.9. The molecule has 0 bridgehead atoms. The predicted molar refractivity (Wildman–Crippen MR) is 97.4 cm³/mol. The van der Waals surface area contributed by atoms with Crippen LogP contribution in [0.25, 0.3) is 17.3 Å². The summed E-state index contributed by atoms with van der Waals surface area (Å²) >= 11 is 0. The molecule has 5 nitrogen and oxygen atoms in total. The molecule has 0 aliphatic heterocycles. The van der Waals surface area contributed by atoms with Gasteiger partial charge in [0, 0.05) is 29.7 Å². The van der Waals surface area contributed by atoms with E-state index in [0.717, 1.165) is 12.1 Å². The molecule has 1 heterocycles. The molecule has 0 N–H and O–H groups in total. The smallest absolute Gasteiger partial charge is 0.317 e. The van der Waals surface area contributed by atoms with E-state index in [1.165, 1.54) is 47.0 Å². The molecule has 3 rings (SSSR count). The third kappa shape index (κ3) is 3.94. The van der Waals surface area contributed by atoms with E-state index < -0.39 is 16.7 Å². The van der Waals surface area contributed by atoms with Gasteiger partial charge in [-0.05, 0) is 54.1 Å². The third-order valence-electron chi connectivity index (χ3n) is 4.03. The second-order valence-electron chi connectivity index (χ2n) is 5.82. The molecule has 8 heteroatoms. The highest BCUT2D eigenvalue weighted by Gasteiger charge is 2.30. The first-order valence-corrected chi connectivity index (χ1v) is 8.01. The van der Waals surface area contributed by atoms with E-state index in [1.54, 1.807) is 18.3 Å². The van der Waals surface area contributed by atoms with Crippen LogP contribution in [-0.4, -0.2) is 9.49 Å². The van der Waals surface area contributed by atoms with Crippen molar-refractivity contribution in [3.63, 3.8) is 0 Å². The third-order valence-corrected chi connectivity index (χ3v) is 4.03. The molecule has 0 saturated heterocycles. The molecule has 0 radical (unpaired) electrons. The highest BCUT2D eigenvalue weighted by molar-refractivity contribution is 5.89. The number of nitrogens with zero attached hydrogens (tertiary/aromatic N) is 3. The second kappa shape index (κ2) is 7.40. The zero-order valence-electron chi connectivity index (χ0n) is 14.2. The number of halogens is 3. The molecule has 0 unspecified atom stereocenters. The van der Waals surface area contributed by atoms with Crippen molar-refractivity contribution in [2.45, 2.75) is 6.18 Å². The molecule has 2 aromatic carbocycles. The number of nitro groups is 1. The van der Waals surface area contributed by atoms with Crippen molar-refractivity contribution in [2.75, 3.05) is 0 Å².